The second-order valence-corrected chi connectivity index (χ2v) is 11.4. The number of ether oxygens (including phenoxy) is 1. The summed E-state index contributed by atoms with van der Waals surface area (Å²) in [5.74, 6) is -1.42. The molecule has 1 aliphatic carbocycles. The molecule has 1 aliphatic rings. The Morgan fingerprint density at radius 1 is 0.732 bits per heavy atom. The number of fused-ring (bicyclic) bond motifs is 1. The summed E-state index contributed by atoms with van der Waals surface area (Å²) >= 11 is 0. The van der Waals surface area contributed by atoms with Crippen molar-refractivity contribution in [3.8, 4) is 0 Å². The average Bonchev–Trinajstić information content (AvgIpc) is 3.42. The fraction of sp³-hybridized carbons (Fsp3) is 0.259. The second-order valence-electron chi connectivity index (χ2n) is 9.36. The summed E-state index contributed by atoms with van der Waals surface area (Å²) in [7, 11) is -10.7. The van der Waals surface area contributed by atoms with Gasteiger partial charge in [-0.25, -0.2) is 16.8 Å². The third-order valence-corrected chi connectivity index (χ3v) is 7.88. The van der Waals surface area contributed by atoms with Crippen LogP contribution in [0.15, 0.2) is 91.3 Å². The van der Waals surface area contributed by atoms with Gasteiger partial charge in [-0.2, -0.15) is 0 Å². The van der Waals surface area contributed by atoms with Gasteiger partial charge in [0.05, 0.1) is 12.7 Å². The first-order valence-electron chi connectivity index (χ1n) is 12.1. The van der Waals surface area contributed by atoms with Crippen LogP contribution in [0.5, 0.6) is 0 Å². The van der Waals surface area contributed by atoms with Gasteiger partial charge in [-0.05, 0) is 39.9 Å². The van der Waals surface area contributed by atoms with E-state index in [2.05, 4.69) is 4.98 Å². The summed E-state index contributed by atoms with van der Waals surface area (Å²) in [5.41, 5.74) is 2.08. The summed E-state index contributed by atoms with van der Waals surface area (Å²) in [6.45, 7) is 0.000966. The Morgan fingerprint density at radius 3 is 2.02 bits per heavy atom. The molecule has 10 nitrogen and oxygen atoms in total. The minimum atomic E-state index is -5.38. The van der Waals surface area contributed by atoms with E-state index < -0.39 is 50.9 Å². The molecule has 3 aromatic carbocycles. The number of aromatic nitrogens is 1. The van der Waals surface area contributed by atoms with E-state index in [1.807, 2.05) is 30.3 Å². The first kappa shape index (κ1) is 34.4. The molecule has 0 spiro atoms. The van der Waals surface area contributed by atoms with Crippen molar-refractivity contribution in [2.45, 2.75) is 43.2 Å². The van der Waals surface area contributed by atoms with E-state index in [9.17, 15) is 25.9 Å². The molecule has 1 saturated carbocycles. The number of rotatable bonds is 9. The number of aromatic amines is 1. The van der Waals surface area contributed by atoms with Crippen LogP contribution in [0.3, 0.4) is 0 Å². The van der Waals surface area contributed by atoms with E-state index in [1.165, 1.54) is 0 Å². The van der Waals surface area contributed by atoms with Crippen LogP contribution >= 0.6 is 0 Å². The van der Waals surface area contributed by atoms with Crippen molar-refractivity contribution in [1.82, 2.24) is 4.98 Å². The molecule has 1 heterocycles. The molecule has 1 aromatic heterocycles. The van der Waals surface area contributed by atoms with E-state index in [1.54, 1.807) is 60.9 Å². The van der Waals surface area contributed by atoms with E-state index in [0.717, 1.165) is 21.9 Å². The zero-order valence-corrected chi connectivity index (χ0v) is 28.1. The number of hydrogen-bond acceptors (Lipinski definition) is 9. The molecule has 4 aromatic rings. The molecule has 1 N–H and O–H groups in total. The predicted octanol–water partition coefficient (Wildman–Crippen LogP) is -2.28. The molecule has 1 fully saturated rings. The van der Waals surface area contributed by atoms with Gasteiger partial charge >= 0.3 is 59.1 Å². The van der Waals surface area contributed by atoms with Crippen LogP contribution in [0.4, 0.5) is 0 Å². The van der Waals surface area contributed by atoms with Gasteiger partial charge in [-0.3, -0.25) is 8.37 Å². The number of nitrogens with one attached hydrogen (secondary N) is 1. The molecule has 0 radical (unpaired) electrons. The van der Waals surface area contributed by atoms with Crippen molar-refractivity contribution in [3.63, 3.8) is 0 Å². The van der Waals surface area contributed by atoms with Gasteiger partial charge in [0.15, 0.2) is 0 Å². The van der Waals surface area contributed by atoms with Crippen LogP contribution in [-0.4, -0.2) is 49.2 Å². The maximum atomic E-state index is 12.0. The van der Waals surface area contributed by atoms with Gasteiger partial charge in [0.25, 0.3) is 0 Å². The van der Waals surface area contributed by atoms with E-state index >= 15 is 0 Å². The van der Waals surface area contributed by atoms with Crippen LogP contribution in [0.1, 0.15) is 34.9 Å². The summed E-state index contributed by atoms with van der Waals surface area (Å²) in [4.78, 5) is 2.96. The minimum absolute atomic E-state index is 0. The van der Waals surface area contributed by atoms with Crippen LogP contribution in [-0.2, 0) is 40.5 Å². The van der Waals surface area contributed by atoms with Gasteiger partial charge in [0.2, 0.25) is 20.8 Å². The van der Waals surface area contributed by atoms with Gasteiger partial charge in [-0.15, -0.1) is 0 Å². The van der Waals surface area contributed by atoms with Crippen molar-refractivity contribution in [2.24, 2.45) is 0 Å². The third kappa shape index (κ3) is 8.73. The molecular weight excluding hydrogens is 592 g/mol. The van der Waals surface area contributed by atoms with Crippen molar-refractivity contribution < 1.29 is 98.2 Å². The first-order valence-corrected chi connectivity index (χ1v) is 14.8. The molecule has 206 valence electrons. The Bertz CT molecular complexity index is 1630. The van der Waals surface area contributed by atoms with Gasteiger partial charge < -0.3 is 18.8 Å². The van der Waals surface area contributed by atoms with Gasteiger partial charge in [0.1, 0.15) is 12.2 Å². The first-order chi connectivity index (χ1) is 18.6. The number of benzene rings is 3. The van der Waals surface area contributed by atoms with E-state index in [-0.39, 0.29) is 72.1 Å². The Morgan fingerprint density at radius 2 is 1.37 bits per heavy atom. The molecule has 0 aliphatic heterocycles. The maximum Gasteiger partial charge on any atom is 1.00 e. The normalized spacial score (nSPS) is 22.9. The monoisotopic (exact) mass is 617 g/mol. The summed E-state index contributed by atoms with van der Waals surface area (Å²) in [6.07, 6.45) is -0.998. The molecule has 14 heteroatoms. The fourth-order valence-corrected chi connectivity index (χ4v) is 6.45. The maximum absolute atomic E-state index is 12.0. The molecule has 41 heavy (non-hydrogen) atoms. The molecule has 0 unspecified atom stereocenters. The molecule has 0 bridgehead atoms. The number of H-pyrrole nitrogens is 1. The zero-order valence-electron chi connectivity index (χ0n) is 22.5. The zero-order chi connectivity index (χ0) is 27.6. The van der Waals surface area contributed by atoms with Crippen LogP contribution in [0.25, 0.3) is 10.8 Å². The predicted molar refractivity (Wildman–Crippen MR) is 139 cm³/mol. The molecule has 5 atom stereocenters. The van der Waals surface area contributed by atoms with Crippen molar-refractivity contribution in [2.75, 3.05) is 0 Å². The van der Waals surface area contributed by atoms with E-state index in [4.69, 9.17) is 13.1 Å². The Balaban J connectivity index is 0.00000231. The standard InChI is InChI=1S/C27H27NO9S2.2Na/c29-38(30,31)36-26-24(22-12-6-10-19-9-4-5-11-21(19)22)15-23(20-13-14-28-16-20)25(27(26)37-39(32,33)34)35-17-18-7-2-1-3-8-18;;/h1-14,16,23-28H,15,17H2,(H,29,30,31)(H,32,33,34);;/q;2*+1/p-2/t23-,24-,25-,26-,27+;;/m1../s1. The SMILES string of the molecule is O=S(=O)([O-])O[C@H]1[C@H](OCc2ccccc2)[C@@H](c2cc[nH]c2)C[C@H](c2cccc3ccccc23)[C@H]1OS(=O)(=O)[O-].[Na+].[Na+]. The average molecular weight is 618 g/mol. The smallest absolute Gasteiger partial charge is 0.726 e. The van der Waals surface area contributed by atoms with Crippen LogP contribution < -0.4 is 59.1 Å². The second kappa shape index (κ2) is 14.6. The number of hydrogen-bond donors (Lipinski definition) is 1. The topological polar surface area (TPSA) is 158 Å². The van der Waals surface area contributed by atoms with E-state index in [0.29, 0.717) is 5.56 Å². The van der Waals surface area contributed by atoms with Crippen LogP contribution in [0, 0.1) is 0 Å². The summed E-state index contributed by atoms with van der Waals surface area (Å²) in [6, 6.07) is 23.5. The quantitative estimate of drug-likeness (QED) is 0.124. The fourth-order valence-electron chi connectivity index (χ4n) is 5.44. The van der Waals surface area contributed by atoms with Crippen molar-refractivity contribution >= 4 is 31.6 Å². The molecule has 0 amide bonds. The third-order valence-electron chi connectivity index (χ3n) is 6.96. The summed E-state index contributed by atoms with van der Waals surface area (Å²) in [5, 5.41) is 1.59. The molecular formula is C27H25NNa2O9S2. The van der Waals surface area contributed by atoms with Crippen molar-refractivity contribution in [1.29, 1.82) is 0 Å². The largest absolute Gasteiger partial charge is 1.00 e. The van der Waals surface area contributed by atoms with Gasteiger partial charge in [0, 0.05) is 24.2 Å². The summed E-state index contributed by atoms with van der Waals surface area (Å²) < 4.78 is 87.8. The Labute approximate surface area is 283 Å². The van der Waals surface area contributed by atoms with Crippen LogP contribution in [0.2, 0.25) is 0 Å². The van der Waals surface area contributed by atoms with Gasteiger partial charge in [-0.1, -0.05) is 72.8 Å². The minimum Gasteiger partial charge on any atom is -0.726 e. The molecule has 5 rings (SSSR count). The Kier molecular flexibility index (Phi) is 12.2. The molecule has 0 saturated heterocycles. The Hall–Kier alpha value is -1.10. The van der Waals surface area contributed by atoms with Crippen molar-refractivity contribution in [3.05, 3.63) is 108 Å².